The van der Waals surface area contributed by atoms with Crippen molar-refractivity contribution in [2.24, 2.45) is 0 Å². The molecule has 0 unspecified atom stereocenters. The Kier molecular flexibility index (Phi) is 3.92. The van der Waals surface area contributed by atoms with Crippen LogP contribution in [0.5, 0.6) is 5.75 Å². The number of aliphatic hydroxyl groups is 1. The summed E-state index contributed by atoms with van der Waals surface area (Å²) in [6, 6.07) is 7.72. The molecule has 0 spiro atoms. The monoisotopic (exact) mass is 302 g/mol. The van der Waals surface area contributed by atoms with Crippen molar-refractivity contribution in [2.45, 2.75) is 12.8 Å². The summed E-state index contributed by atoms with van der Waals surface area (Å²) in [6.07, 6.45) is -4.59. The molecule has 0 saturated carbocycles. The first kappa shape index (κ1) is 14.7. The molecular weight excluding hydrogens is 293 g/mol. The van der Waals surface area contributed by atoms with Crippen LogP contribution in [-0.2, 0) is 12.8 Å². The number of benzene rings is 2. The molecule has 0 heterocycles. The van der Waals surface area contributed by atoms with E-state index in [1.54, 1.807) is 0 Å². The molecule has 0 aromatic heterocycles. The first-order valence-corrected chi connectivity index (χ1v) is 6.01. The number of aliphatic hydroxyl groups excluding tert-OH is 1. The van der Waals surface area contributed by atoms with Gasteiger partial charge in [-0.05, 0) is 29.3 Å². The third-order valence-corrected chi connectivity index (χ3v) is 3.19. The van der Waals surface area contributed by atoms with Gasteiger partial charge in [0.15, 0.2) is 0 Å². The van der Waals surface area contributed by atoms with Gasteiger partial charge in [-0.1, -0.05) is 29.8 Å². The highest BCUT2D eigenvalue weighted by Crippen LogP contribution is 2.40. The van der Waals surface area contributed by atoms with Gasteiger partial charge in [-0.15, -0.1) is 0 Å². The fourth-order valence-corrected chi connectivity index (χ4v) is 2.17. The van der Waals surface area contributed by atoms with Crippen LogP contribution >= 0.6 is 11.6 Å². The van der Waals surface area contributed by atoms with Crippen LogP contribution in [0.25, 0.3) is 11.1 Å². The minimum Gasteiger partial charge on any atom is -0.507 e. The maximum atomic E-state index is 12.8. The number of phenols is 1. The molecule has 0 aliphatic rings. The maximum absolute atomic E-state index is 12.8. The zero-order chi connectivity index (χ0) is 14.9. The summed E-state index contributed by atoms with van der Waals surface area (Å²) in [6.45, 7) is -0.395. The average molecular weight is 303 g/mol. The van der Waals surface area contributed by atoms with Crippen molar-refractivity contribution in [1.29, 1.82) is 0 Å². The predicted octanol–water partition coefficient (Wildman–Crippen LogP) is 4.22. The number of hydrogen-bond donors (Lipinski definition) is 2. The Morgan fingerprint density at radius 3 is 2.40 bits per heavy atom. The second-order valence-electron chi connectivity index (χ2n) is 4.16. The molecule has 0 amide bonds. The minimum absolute atomic E-state index is 0.142. The van der Waals surface area contributed by atoms with E-state index in [2.05, 4.69) is 0 Å². The quantitative estimate of drug-likeness (QED) is 0.872. The highest BCUT2D eigenvalue weighted by molar-refractivity contribution is 6.31. The number of phenolic OH excluding ortho intramolecular Hbond substituents is 1. The molecule has 0 aliphatic carbocycles. The van der Waals surface area contributed by atoms with Crippen LogP contribution in [0.4, 0.5) is 13.2 Å². The Morgan fingerprint density at radius 2 is 1.80 bits per heavy atom. The van der Waals surface area contributed by atoms with E-state index in [1.807, 2.05) is 0 Å². The van der Waals surface area contributed by atoms with Crippen LogP contribution in [0.3, 0.4) is 0 Å². The summed E-state index contributed by atoms with van der Waals surface area (Å²) in [5.74, 6) is -0.202. The molecule has 2 N–H and O–H groups in total. The van der Waals surface area contributed by atoms with Gasteiger partial charge in [-0.25, -0.2) is 0 Å². The Balaban J connectivity index is 2.66. The summed E-state index contributed by atoms with van der Waals surface area (Å²) < 4.78 is 38.5. The van der Waals surface area contributed by atoms with Gasteiger partial charge in [0.25, 0.3) is 0 Å². The van der Waals surface area contributed by atoms with Gasteiger partial charge >= 0.3 is 6.18 Å². The third-order valence-electron chi connectivity index (χ3n) is 2.86. The molecule has 0 radical (unpaired) electrons. The smallest absolute Gasteiger partial charge is 0.417 e. The van der Waals surface area contributed by atoms with Crippen LogP contribution in [0.15, 0.2) is 36.4 Å². The highest BCUT2D eigenvalue weighted by atomic mass is 35.5. The number of aromatic hydroxyl groups is 1. The van der Waals surface area contributed by atoms with Crippen LogP contribution in [0, 0.1) is 0 Å². The van der Waals surface area contributed by atoms with E-state index in [9.17, 15) is 23.4 Å². The lowest BCUT2D eigenvalue weighted by atomic mass is 9.97. The van der Waals surface area contributed by atoms with Crippen molar-refractivity contribution in [3.8, 4) is 16.9 Å². The molecule has 0 saturated heterocycles. The number of alkyl halides is 3. The molecular formula is C14H10ClF3O2. The summed E-state index contributed by atoms with van der Waals surface area (Å²) in [4.78, 5) is 0. The summed E-state index contributed by atoms with van der Waals surface area (Å²) in [5, 5.41) is 18.6. The number of rotatable bonds is 2. The van der Waals surface area contributed by atoms with Crippen molar-refractivity contribution in [1.82, 2.24) is 0 Å². The molecule has 2 aromatic rings. The average Bonchev–Trinajstić information content (AvgIpc) is 2.38. The van der Waals surface area contributed by atoms with Crippen molar-refractivity contribution >= 4 is 11.6 Å². The van der Waals surface area contributed by atoms with Gasteiger partial charge in [0.1, 0.15) is 5.75 Å². The predicted molar refractivity (Wildman–Crippen MR) is 69.5 cm³/mol. The van der Waals surface area contributed by atoms with Crippen LogP contribution < -0.4 is 0 Å². The van der Waals surface area contributed by atoms with E-state index < -0.39 is 23.4 Å². The van der Waals surface area contributed by atoms with Crippen molar-refractivity contribution in [2.75, 3.05) is 0 Å². The molecule has 20 heavy (non-hydrogen) atoms. The van der Waals surface area contributed by atoms with Gasteiger partial charge < -0.3 is 10.2 Å². The summed E-state index contributed by atoms with van der Waals surface area (Å²) in [7, 11) is 0. The Bertz CT molecular complexity index is 639. The largest absolute Gasteiger partial charge is 0.507 e. The topological polar surface area (TPSA) is 40.5 Å². The Labute approximate surface area is 118 Å². The Hall–Kier alpha value is -1.72. The SMILES string of the molecule is OCc1cccc(O)c1-c1ccc(Cl)c(C(F)(F)F)c1. The van der Waals surface area contributed by atoms with Crippen LogP contribution in [-0.4, -0.2) is 10.2 Å². The van der Waals surface area contributed by atoms with Gasteiger partial charge in [0.05, 0.1) is 17.2 Å². The van der Waals surface area contributed by atoms with Crippen molar-refractivity contribution < 1.29 is 23.4 Å². The van der Waals surface area contributed by atoms with E-state index in [-0.39, 0.29) is 16.9 Å². The molecule has 0 aliphatic heterocycles. The first-order chi connectivity index (χ1) is 9.34. The lowest BCUT2D eigenvalue weighted by molar-refractivity contribution is -0.137. The maximum Gasteiger partial charge on any atom is 0.417 e. The van der Waals surface area contributed by atoms with Crippen LogP contribution in [0.1, 0.15) is 11.1 Å². The second kappa shape index (κ2) is 5.34. The molecule has 2 aromatic carbocycles. The van der Waals surface area contributed by atoms with E-state index in [0.29, 0.717) is 5.56 Å². The van der Waals surface area contributed by atoms with E-state index in [4.69, 9.17) is 11.6 Å². The fraction of sp³-hybridized carbons (Fsp3) is 0.143. The molecule has 106 valence electrons. The molecule has 6 heteroatoms. The zero-order valence-corrected chi connectivity index (χ0v) is 10.8. The normalized spacial score (nSPS) is 11.7. The highest BCUT2D eigenvalue weighted by Gasteiger charge is 2.33. The molecule has 0 atom stereocenters. The van der Waals surface area contributed by atoms with E-state index in [1.165, 1.54) is 24.3 Å². The summed E-state index contributed by atoms with van der Waals surface area (Å²) in [5.41, 5.74) is -0.342. The molecule has 2 rings (SSSR count). The molecule has 2 nitrogen and oxygen atoms in total. The van der Waals surface area contributed by atoms with Crippen molar-refractivity contribution in [3.63, 3.8) is 0 Å². The number of halogens is 4. The Morgan fingerprint density at radius 1 is 1.10 bits per heavy atom. The standard InChI is InChI=1S/C14H10ClF3O2/c15-11-5-4-8(6-10(11)14(16,17)18)13-9(7-19)2-1-3-12(13)20/h1-6,19-20H,7H2. The van der Waals surface area contributed by atoms with Gasteiger partial charge in [-0.2, -0.15) is 13.2 Å². The fourth-order valence-electron chi connectivity index (χ4n) is 1.95. The van der Waals surface area contributed by atoms with E-state index >= 15 is 0 Å². The first-order valence-electron chi connectivity index (χ1n) is 5.63. The van der Waals surface area contributed by atoms with Gasteiger partial charge in [0, 0.05) is 5.56 Å². The molecule has 0 fully saturated rings. The molecule has 0 bridgehead atoms. The van der Waals surface area contributed by atoms with Crippen LogP contribution in [0.2, 0.25) is 5.02 Å². The lowest BCUT2D eigenvalue weighted by Crippen LogP contribution is -2.06. The number of hydrogen-bond acceptors (Lipinski definition) is 2. The van der Waals surface area contributed by atoms with E-state index in [0.717, 1.165) is 12.1 Å². The second-order valence-corrected chi connectivity index (χ2v) is 4.57. The van der Waals surface area contributed by atoms with Gasteiger partial charge in [0.2, 0.25) is 0 Å². The minimum atomic E-state index is -4.59. The summed E-state index contributed by atoms with van der Waals surface area (Å²) >= 11 is 5.55. The van der Waals surface area contributed by atoms with Gasteiger partial charge in [-0.3, -0.25) is 0 Å². The van der Waals surface area contributed by atoms with Crippen molar-refractivity contribution in [3.05, 3.63) is 52.5 Å². The lowest BCUT2D eigenvalue weighted by Gasteiger charge is -2.14. The zero-order valence-electron chi connectivity index (χ0n) is 10.1. The third kappa shape index (κ3) is 2.73.